The standard InChI is InChI=1S/C11H7Br2ClN2O2S/c12-7-3-1-4-8(13)10(7)16-19(17,18)9-5-2-6-15-11(9)14/h1-6,16H. The van der Waals surface area contributed by atoms with E-state index in [1.54, 1.807) is 18.2 Å². The number of anilines is 1. The van der Waals surface area contributed by atoms with Crippen LogP contribution in [-0.4, -0.2) is 13.4 Å². The maximum Gasteiger partial charge on any atom is 0.265 e. The van der Waals surface area contributed by atoms with E-state index in [4.69, 9.17) is 11.6 Å². The molecule has 1 N–H and O–H groups in total. The summed E-state index contributed by atoms with van der Waals surface area (Å²) >= 11 is 12.4. The molecule has 0 saturated carbocycles. The number of benzene rings is 1. The van der Waals surface area contributed by atoms with E-state index in [9.17, 15) is 8.42 Å². The number of para-hydroxylation sites is 1. The zero-order valence-electron chi connectivity index (χ0n) is 9.27. The molecule has 0 spiro atoms. The van der Waals surface area contributed by atoms with Crippen molar-refractivity contribution in [3.63, 3.8) is 0 Å². The molecule has 0 aliphatic carbocycles. The van der Waals surface area contributed by atoms with Crippen molar-refractivity contribution in [1.29, 1.82) is 0 Å². The predicted octanol–water partition coefficient (Wildman–Crippen LogP) is 4.06. The van der Waals surface area contributed by atoms with Crippen molar-refractivity contribution in [3.05, 3.63) is 50.6 Å². The number of nitrogens with one attached hydrogen (secondary N) is 1. The average molecular weight is 427 g/mol. The highest BCUT2D eigenvalue weighted by molar-refractivity contribution is 9.11. The molecule has 100 valence electrons. The monoisotopic (exact) mass is 424 g/mol. The maximum atomic E-state index is 12.2. The van der Waals surface area contributed by atoms with Gasteiger partial charge < -0.3 is 0 Å². The first kappa shape index (κ1) is 14.8. The highest BCUT2D eigenvalue weighted by Gasteiger charge is 2.20. The van der Waals surface area contributed by atoms with Gasteiger partial charge in [0.1, 0.15) is 10.0 Å². The summed E-state index contributed by atoms with van der Waals surface area (Å²) in [6.07, 6.45) is 1.43. The summed E-state index contributed by atoms with van der Waals surface area (Å²) in [5.74, 6) is 0. The van der Waals surface area contributed by atoms with E-state index in [0.29, 0.717) is 14.6 Å². The van der Waals surface area contributed by atoms with Crippen LogP contribution in [0.5, 0.6) is 0 Å². The Balaban J connectivity index is 2.46. The van der Waals surface area contributed by atoms with Crippen LogP contribution in [0, 0.1) is 0 Å². The van der Waals surface area contributed by atoms with Crippen molar-refractivity contribution in [2.45, 2.75) is 4.90 Å². The quantitative estimate of drug-likeness (QED) is 0.753. The Hall–Kier alpha value is -0.630. The number of pyridine rings is 1. The van der Waals surface area contributed by atoms with Crippen LogP contribution in [0.3, 0.4) is 0 Å². The van der Waals surface area contributed by atoms with Gasteiger partial charge in [-0.3, -0.25) is 4.72 Å². The van der Waals surface area contributed by atoms with Crippen molar-refractivity contribution in [2.24, 2.45) is 0 Å². The molecule has 1 heterocycles. The van der Waals surface area contributed by atoms with Gasteiger partial charge in [0.15, 0.2) is 0 Å². The van der Waals surface area contributed by atoms with Crippen LogP contribution in [-0.2, 0) is 10.0 Å². The van der Waals surface area contributed by atoms with Crippen molar-refractivity contribution in [1.82, 2.24) is 4.98 Å². The molecule has 2 rings (SSSR count). The average Bonchev–Trinajstić information content (AvgIpc) is 2.34. The second-order valence-corrected chi connectivity index (χ2v) is 7.21. The van der Waals surface area contributed by atoms with Crippen LogP contribution >= 0.6 is 43.5 Å². The fourth-order valence-corrected chi connectivity index (χ4v) is 4.37. The summed E-state index contributed by atoms with van der Waals surface area (Å²) in [6.45, 7) is 0. The molecule has 0 radical (unpaired) electrons. The maximum absolute atomic E-state index is 12.2. The molecule has 0 bridgehead atoms. The number of hydrogen-bond acceptors (Lipinski definition) is 3. The summed E-state index contributed by atoms with van der Waals surface area (Å²) < 4.78 is 28.2. The fourth-order valence-electron chi connectivity index (χ4n) is 1.36. The zero-order chi connectivity index (χ0) is 14.0. The van der Waals surface area contributed by atoms with E-state index in [1.165, 1.54) is 18.3 Å². The van der Waals surface area contributed by atoms with E-state index < -0.39 is 10.0 Å². The van der Waals surface area contributed by atoms with Crippen molar-refractivity contribution in [3.8, 4) is 0 Å². The highest BCUT2D eigenvalue weighted by atomic mass is 79.9. The van der Waals surface area contributed by atoms with Gasteiger partial charge >= 0.3 is 0 Å². The van der Waals surface area contributed by atoms with Gasteiger partial charge in [-0.25, -0.2) is 13.4 Å². The third-order valence-electron chi connectivity index (χ3n) is 2.21. The fraction of sp³-hybridized carbons (Fsp3) is 0. The van der Waals surface area contributed by atoms with Gasteiger partial charge in [-0.1, -0.05) is 17.7 Å². The molecule has 0 aliphatic rings. The summed E-state index contributed by atoms with van der Waals surface area (Å²) in [6, 6.07) is 8.14. The number of rotatable bonds is 3. The predicted molar refractivity (Wildman–Crippen MR) is 81.9 cm³/mol. The molecular formula is C11H7Br2ClN2O2S. The molecule has 4 nitrogen and oxygen atoms in total. The first-order valence-electron chi connectivity index (χ1n) is 4.99. The zero-order valence-corrected chi connectivity index (χ0v) is 14.0. The van der Waals surface area contributed by atoms with Crippen LogP contribution in [0.1, 0.15) is 0 Å². The first-order chi connectivity index (χ1) is 8.92. The smallest absolute Gasteiger partial charge is 0.265 e. The molecule has 0 unspecified atom stereocenters. The SMILES string of the molecule is O=S(=O)(Nc1c(Br)cccc1Br)c1cccnc1Cl. The highest BCUT2D eigenvalue weighted by Crippen LogP contribution is 2.33. The van der Waals surface area contributed by atoms with Crippen LogP contribution in [0.15, 0.2) is 50.4 Å². The largest absolute Gasteiger partial charge is 0.277 e. The van der Waals surface area contributed by atoms with Crippen LogP contribution in [0.2, 0.25) is 5.15 Å². The van der Waals surface area contributed by atoms with Gasteiger partial charge in [0.25, 0.3) is 10.0 Å². The summed E-state index contributed by atoms with van der Waals surface area (Å²) in [5, 5.41) is -0.0711. The molecule has 2 aromatic rings. The molecule has 0 saturated heterocycles. The van der Waals surface area contributed by atoms with E-state index in [0.717, 1.165) is 0 Å². The molecule has 1 aromatic carbocycles. The Morgan fingerprint density at radius 2 is 1.74 bits per heavy atom. The topological polar surface area (TPSA) is 59.1 Å². The van der Waals surface area contributed by atoms with Crippen molar-refractivity contribution in [2.75, 3.05) is 4.72 Å². The number of hydrogen-bond donors (Lipinski definition) is 1. The first-order valence-corrected chi connectivity index (χ1v) is 8.44. The van der Waals surface area contributed by atoms with E-state index in [1.807, 2.05) is 0 Å². The lowest BCUT2D eigenvalue weighted by Crippen LogP contribution is -2.14. The van der Waals surface area contributed by atoms with E-state index in [2.05, 4.69) is 41.6 Å². The van der Waals surface area contributed by atoms with E-state index >= 15 is 0 Å². The molecule has 8 heteroatoms. The Morgan fingerprint density at radius 3 is 2.32 bits per heavy atom. The minimum absolute atomic E-state index is 0.0701. The second-order valence-electron chi connectivity index (χ2n) is 3.49. The Morgan fingerprint density at radius 1 is 1.11 bits per heavy atom. The van der Waals surface area contributed by atoms with Gasteiger partial charge in [0, 0.05) is 15.1 Å². The Bertz CT molecular complexity index is 702. The lowest BCUT2D eigenvalue weighted by atomic mass is 10.3. The second kappa shape index (κ2) is 5.78. The lowest BCUT2D eigenvalue weighted by Gasteiger charge is -2.11. The lowest BCUT2D eigenvalue weighted by molar-refractivity contribution is 0.601. The number of sulfonamides is 1. The Labute approximate surface area is 132 Å². The van der Waals surface area contributed by atoms with Crippen molar-refractivity contribution >= 4 is 59.2 Å². The van der Waals surface area contributed by atoms with Crippen LogP contribution in [0.4, 0.5) is 5.69 Å². The van der Waals surface area contributed by atoms with Crippen molar-refractivity contribution < 1.29 is 8.42 Å². The summed E-state index contributed by atoms with van der Waals surface area (Å²) in [7, 11) is -3.79. The summed E-state index contributed by atoms with van der Waals surface area (Å²) in [4.78, 5) is 3.68. The Kier molecular flexibility index (Phi) is 4.50. The third kappa shape index (κ3) is 3.28. The molecule has 0 fully saturated rings. The normalized spacial score (nSPS) is 11.3. The van der Waals surface area contributed by atoms with Gasteiger partial charge in [-0.2, -0.15) is 0 Å². The van der Waals surface area contributed by atoms with Gasteiger partial charge in [0.05, 0.1) is 5.69 Å². The van der Waals surface area contributed by atoms with E-state index in [-0.39, 0.29) is 10.0 Å². The molecule has 1 aromatic heterocycles. The molecule has 19 heavy (non-hydrogen) atoms. The van der Waals surface area contributed by atoms with Gasteiger partial charge in [-0.15, -0.1) is 0 Å². The minimum Gasteiger partial charge on any atom is -0.277 e. The number of halogens is 3. The summed E-state index contributed by atoms with van der Waals surface area (Å²) in [5.41, 5.74) is 0.405. The third-order valence-corrected chi connectivity index (χ3v) is 5.33. The molecule has 0 amide bonds. The van der Waals surface area contributed by atoms with Gasteiger partial charge in [0.2, 0.25) is 0 Å². The molecule has 0 aliphatic heterocycles. The number of nitrogens with zero attached hydrogens (tertiary/aromatic N) is 1. The molecular weight excluding hydrogens is 419 g/mol. The van der Waals surface area contributed by atoms with Gasteiger partial charge in [-0.05, 0) is 56.1 Å². The van der Waals surface area contributed by atoms with Crippen LogP contribution in [0.25, 0.3) is 0 Å². The number of aromatic nitrogens is 1. The minimum atomic E-state index is -3.79. The molecule has 0 atom stereocenters. The van der Waals surface area contributed by atoms with Crippen LogP contribution < -0.4 is 4.72 Å².